The SMILES string of the molecule is CCc1ccc(NC(=O)c2ccnc(Nc3ccc(C)cc3C)n2)cc1. The zero-order chi connectivity index (χ0) is 18.5. The van der Waals surface area contributed by atoms with Crippen molar-refractivity contribution in [3.63, 3.8) is 0 Å². The van der Waals surface area contributed by atoms with Crippen molar-refractivity contribution in [2.75, 3.05) is 10.6 Å². The standard InChI is InChI=1S/C21H22N4O/c1-4-16-6-8-17(9-7-16)23-20(26)19-11-12-22-21(25-19)24-18-10-5-14(2)13-15(18)3/h5-13H,4H2,1-3H3,(H,23,26)(H,22,24,25). The van der Waals surface area contributed by atoms with E-state index in [4.69, 9.17) is 0 Å². The fraction of sp³-hybridized carbons (Fsp3) is 0.190. The molecule has 3 aromatic rings. The van der Waals surface area contributed by atoms with Crippen molar-refractivity contribution in [2.45, 2.75) is 27.2 Å². The molecule has 0 saturated heterocycles. The van der Waals surface area contributed by atoms with E-state index >= 15 is 0 Å². The lowest BCUT2D eigenvalue weighted by Crippen LogP contribution is -2.14. The molecule has 0 bridgehead atoms. The van der Waals surface area contributed by atoms with Crippen LogP contribution in [0.1, 0.15) is 34.1 Å². The van der Waals surface area contributed by atoms with E-state index in [0.29, 0.717) is 11.6 Å². The van der Waals surface area contributed by atoms with Gasteiger partial charge in [0.25, 0.3) is 5.91 Å². The van der Waals surface area contributed by atoms with Gasteiger partial charge in [-0.3, -0.25) is 4.79 Å². The first-order chi connectivity index (χ1) is 12.5. The average Bonchev–Trinajstić information content (AvgIpc) is 2.65. The van der Waals surface area contributed by atoms with E-state index in [0.717, 1.165) is 23.4 Å². The van der Waals surface area contributed by atoms with Gasteiger partial charge in [-0.05, 0) is 55.7 Å². The zero-order valence-electron chi connectivity index (χ0n) is 15.2. The van der Waals surface area contributed by atoms with E-state index in [9.17, 15) is 4.79 Å². The van der Waals surface area contributed by atoms with Crippen molar-refractivity contribution in [1.82, 2.24) is 9.97 Å². The fourth-order valence-electron chi connectivity index (χ4n) is 2.64. The molecule has 3 rings (SSSR count). The van der Waals surface area contributed by atoms with Crippen LogP contribution in [0.25, 0.3) is 0 Å². The molecule has 132 valence electrons. The van der Waals surface area contributed by atoms with Crippen molar-refractivity contribution in [1.29, 1.82) is 0 Å². The number of carbonyl (C=O) groups excluding carboxylic acids is 1. The first-order valence-electron chi connectivity index (χ1n) is 8.63. The Labute approximate surface area is 153 Å². The molecule has 0 unspecified atom stereocenters. The molecule has 0 radical (unpaired) electrons. The number of nitrogens with one attached hydrogen (secondary N) is 2. The van der Waals surface area contributed by atoms with Gasteiger partial charge in [0.05, 0.1) is 0 Å². The van der Waals surface area contributed by atoms with Gasteiger partial charge >= 0.3 is 0 Å². The van der Waals surface area contributed by atoms with Crippen molar-refractivity contribution in [2.24, 2.45) is 0 Å². The first-order valence-corrected chi connectivity index (χ1v) is 8.63. The predicted molar refractivity (Wildman–Crippen MR) is 105 cm³/mol. The Hall–Kier alpha value is -3.21. The van der Waals surface area contributed by atoms with Crippen LogP contribution in [0, 0.1) is 13.8 Å². The van der Waals surface area contributed by atoms with Crippen LogP contribution in [0.4, 0.5) is 17.3 Å². The van der Waals surface area contributed by atoms with Crippen LogP contribution in [0.3, 0.4) is 0 Å². The highest BCUT2D eigenvalue weighted by atomic mass is 16.1. The van der Waals surface area contributed by atoms with Crippen molar-refractivity contribution in [3.05, 3.63) is 77.1 Å². The summed E-state index contributed by atoms with van der Waals surface area (Å²) in [6, 6.07) is 15.5. The predicted octanol–water partition coefficient (Wildman–Crippen LogP) is 4.65. The minimum Gasteiger partial charge on any atom is -0.324 e. The lowest BCUT2D eigenvalue weighted by molar-refractivity contribution is 0.102. The van der Waals surface area contributed by atoms with Crippen molar-refractivity contribution >= 4 is 23.2 Å². The Bertz CT molecular complexity index is 920. The smallest absolute Gasteiger partial charge is 0.274 e. The van der Waals surface area contributed by atoms with Crippen LogP contribution < -0.4 is 10.6 Å². The lowest BCUT2D eigenvalue weighted by atomic mass is 10.1. The Morgan fingerprint density at radius 2 is 1.81 bits per heavy atom. The Kier molecular flexibility index (Phi) is 5.27. The highest BCUT2D eigenvalue weighted by molar-refractivity contribution is 6.03. The molecule has 0 spiro atoms. The second-order valence-corrected chi connectivity index (χ2v) is 6.21. The molecule has 0 aliphatic rings. The van der Waals surface area contributed by atoms with E-state index in [2.05, 4.69) is 33.6 Å². The molecule has 2 aromatic carbocycles. The number of hydrogen-bond donors (Lipinski definition) is 2. The van der Waals surface area contributed by atoms with Gasteiger partial charge in [0, 0.05) is 17.6 Å². The quantitative estimate of drug-likeness (QED) is 0.705. The third-order valence-corrected chi connectivity index (χ3v) is 4.14. The number of aromatic nitrogens is 2. The highest BCUT2D eigenvalue weighted by Crippen LogP contribution is 2.19. The van der Waals surface area contributed by atoms with Crippen LogP contribution >= 0.6 is 0 Å². The number of amides is 1. The van der Waals surface area contributed by atoms with Gasteiger partial charge in [-0.25, -0.2) is 9.97 Å². The maximum atomic E-state index is 12.5. The van der Waals surface area contributed by atoms with Crippen molar-refractivity contribution in [3.8, 4) is 0 Å². The number of hydrogen-bond acceptors (Lipinski definition) is 4. The summed E-state index contributed by atoms with van der Waals surface area (Å²) in [6.07, 6.45) is 2.54. The number of anilines is 3. The second-order valence-electron chi connectivity index (χ2n) is 6.21. The van der Waals surface area contributed by atoms with Gasteiger partial charge in [-0.2, -0.15) is 0 Å². The van der Waals surface area contributed by atoms with Crippen LogP contribution in [-0.4, -0.2) is 15.9 Å². The van der Waals surface area contributed by atoms with Gasteiger partial charge in [0.1, 0.15) is 5.69 Å². The maximum Gasteiger partial charge on any atom is 0.274 e. The Morgan fingerprint density at radius 3 is 2.50 bits per heavy atom. The number of aryl methyl sites for hydroxylation is 3. The third kappa shape index (κ3) is 4.25. The molecule has 5 nitrogen and oxygen atoms in total. The van der Waals surface area contributed by atoms with Gasteiger partial charge in [-0.1, -0.05) is 36.8 Å². The minimum atomic E-state index is -0.264. The summed E-state index contributed by atoms with van der Waals surface area (Å²) in [5.41, 5.74) is 5.49. The van der Waals surface area contributed by atoms with Crippen LogP contribution in [0.15, 0.2) is 54.7 Å². The molecule has 1 heterocycles. The maximum absolute atomic E-state index is 12.5. The normalized spacial score (nSPS) is 10.4. The van der Waals surface area contributed by atoms with Gasteiger partial charge < -0.3 is 10.6 Å². The van der Waals surface area contributed by atoms with E-state index in [1.807, 2.05) is 50.2 Å². The molecule has 0 aliphatic heterocycles. The first kappa shape index (κ1) is 17.6. The molecule has 0 atom stereocenters. The topological polar surface area (TPSA) is 66.9 Å². The molecule has 0 aliphatic carbocycles. The molecule has 0 fully saturated rings. The van der Waals surface area contributed by atoms with Crippen LogP contribution in [0.5, 0.6) is 0 Å². The summed E-state index contributed by atoms with van der Waals surface area (Å²) < 4.78 is 0. The fourth-order valence-corrected chi connectivity index (χ4v) is 2.64. The summed E-state index contributed by atoms with van der Waals surface area (Å²) in [7, 11) is 0. The molecular formula is C21H22N4O. The Balaban J connectivity index is 1.74. The summed E-state index contributed by atoms with van der Waals surface area (Å²) in [6.45, 7) is 6.16. The average molecular weight is 346 g/mol. The van der Waals surface area contributed by atoms with Crippen LogP contribution in [0.2, 0.25) is 0 Å². The highest BCUT2D eigenvalue weighted by Gasteiger charge is 2.10. The third-order valence-electron chi connectivity index (χ3n) is 4.14. The minimum absolute atomic E-state index is 0.264. The summed E-state index contributed by atoms with van der Waals surface area (Å²) in [5, 5.41) is 6.03. The Morgan fingerprint density at radius 1 is 1.04 bits per heavy atom. The van der Waals surface area contributed by atoms with Gasteiger partial charge in [0.2, 0.25) is 5.95 Å². The summed E-state index contributed by atoms with van der Waals surface area (Å²) in [5.74, 6) is 0.131. The largest absolute Gasteiger partial charge is 0.324 e. The number of nitrogens with zero attached hydrogens (tertiary/aromatic N) is 2. The van der Waals surface area contributed by atoms with Gasteiger partial charge in [-0.15, -0.1) is 0 Å². The van der Waals surface area contributed by atoms with Gasteiger partial charge in [0.15, 0.2) is 0 Å². The molecular weight excluding hydrogens is 324 g/mol. The molecule has 0 saturated carbocycles. The number of benzene rings is 2. The second kappa shape index (κ2) is 7.78. The number of rotatable bonds is 5. The monoisotopic (exact) mass is 346 g/mol. The molecule has 2 N–H and O–H groups in total. The van der Waals surface area contributed by atoms with Crippen molar-refractivity contribution < 1.29 is 4.79 Å². The lowest BCUT2D eigenvalue weighted by Gasteiger charge is -2.10. The molecule has 1 amide bonds. The van der Waals surface area contributed by atoms with E-state index in [1.165, 1.54) is 11.1 Å². The van der Waals surface area contributed by atoms with E-state index in [-0.39, 0.29) is 5.91 Å². The summed E-state index contributed by atoms with van der Waals surface area (Å²) in [4.78, 5) is 21.0. The van der Waals surface area contributed by atoms with E-state index < -0.39 is 0 Å². The molecule has 5 heteroatoms. The number of carbonyl (C=O) groups is 1. The molecule has 1 aromatic heterocycles. The van der Waals surface area contributed by atoms with Crippen LogP contribution in [-0.2, 0) is 6.42 Å². The molecule has 26 heavy (non-hydrogen) atoms. The summed E-state index contributed by atoms with van der Waals surface area (Å²) >= 11 is 0. The zero-order valence-corrected chi connectivity index (χ0v) is 15.2. The van der Waals surface area contributed by atoms with E-state index in [1.54, 1.807) is 12.3 Å².